The Kier molecular flexibility index (Phi) is 4.39. The minimum absolute atomic E-state index is 0.182. The van der Waals surface area contributed by atoms with Crippen LogP contribution in [0.2, 0.25) is 0 Å². The maximum Gasteiger partial charge on any atom is 0.338 e. The van der Waals surface area contributed by atoms with Crippen LogP contribution in [0.4, 0.5) is 4.39 Å². The molecule has 1 N–H and O–H groups in total. The molecule has 0 aliphatic heterocycles. The molecule has 0 amide bonds. The Labute approximate surface area is 124 Å². The molecule has 0 heterocycles. The zero-order valence-electron chi connectivity index (χ0n) is 10.7. The second-order valence-electron chi connectivity index (χ2n) is 4.32. The number of rotatable bonds is 4. The van der Waals surface area contributed by atoms with E-state index in [9.17, 15) is 9.18 Å². The zero-order chi connectivity index (χ0) is 14.7. The molecule has 0 saturated carbocycles. The number of hydrogen-bond donors (Lipinski definition) is 1. The van der Waals surface area contributed by atoms with E-state index in [1.54, 1.807) is 6.07 Å². The van der Waals surface area contributed by atoms with Gasteiger partial charge in [-0.15, -0.1) is 0 Å². The van der Waals surface area contributed by atoms with Gasteiger partial charge in [0.1, 0.15) is 18.2 Å². The Morgan fingerprint density at radius 3 is 2.70 bits per heavy atom. The third-order valence-corrected chi connectivity index (χ3v) is 3.69. The van der Waals surface area contributed by atoms with E-state index in [-0.39, 0.29) is 12.2 Å². The van der Waals surface area contributed by atoms with E-state index in [2.05, 4.69) is 15.9 Å². The van der Waals surface area contributed by atoms with Crippen LogP contribution >= 0.6 is 15.9 Å². The minimum Gasteiger partial charge on any atom is -0.489 e. The van der Waals surface area contributed by atoms with Gasteiger partial charge in [0.05, 0.1) is 5.56 Å². The van der Waals surface area contributed by atoms with Gasteiger partial charge in [-0.2, -0.15) is 0 Å². The SMILES string of the molecule is Cc1cc(OCc2ccc(F)c(C(=O)O)c2)ccc1Br. The van der Waals surface area contributed by atoms with E-state index in [0.717, 1.165) is 16.1 Å². The summed E-state index contributed by atoms with van der Waals surface area (Å²) < 4.78 is 19.8. The number of carboxylic acid groups (broad SMARTS) is 1. The highest BCUT2D eigenvalue weighted by molar-refractivity contribution is 9.10. The van der Waals surface area contributed by atoms with Gasteiger partial charge in [-0.3, -0.25) is 0 Å². The number of benzene rings is 2. The molecule has 0 aliphatic rings. The van der Waals surface area contributed by atoms with Gasteiger partial charge in [-0.25, -0.2) is 9.18 Å². The molecular weight excluding hydrogens is 327 g/mol. The predicted octanol–water partition coefficient (Wildman–Crippen LogP) is 4.17. The van der Waals surface area contributed by atoms with Crippen molar-refractivity contribution in [1.82, 2.24) is 0 Å². The molecule has 0 aromatic heterocycles. The van der Waals surface area contributed by atoms with E-state index >= 15 is 0 Å². The van der Waals surface area contributed by atoms with Gasteiger partial charge in [-0.1, -0.05) is 22.0 Å². The molecule has 2 aromatic rings. The normalized spacial score (nSPS) is 10.3. The van der Waals surface area contributed by atoms with Crippen LogP contribution in [0, 0.1) is 12.7 Å². The Bertz CT molecular complexity index is 656. The largest absolute Gasteiger partial charge is 0.489 e. The first-order valence-electron chi connectivity index (χ1n) is 5.88. The summed E-state index contributed by atoms with van der Waals surface area (Å²) in [7, 11) is 0. The molecule has 0 radical (unpaired) electrons. The third kappa shape index (κ3) is 3.36. The van der Waals surface area contributed by atoms with Crippen LogP contribution in [0.1, 0.15) is 21.5 Å². The monoisotopic (exact) mass is 338 g/mol. The van der Waals surface area contributed by atoms with Crippen LogP contribution in [-0.2, 0) is 6.61 Å². The molecule has 104 valence electrons. The summed E-state index contributed by atoms with van der Waals surface area (Å²) in [5.74, 6) is -1.36. The number of aryl methyl sites for hydroxylation is 1. The van der Waals surface area contributed by atoms with Crippen LogP contribution in [0.5, 0.6) is 5.75 Å². The summed E-state index contributed by atoms with van der Waals surface area (Å²) in [5.41, 5.74) is 1.29. The number of aromatic carboxylic acids is 1. The van der Waals surface area contributed by atoms with Gasteiger partial charge >= 0.3 is 5.97 Å². The molecule has 5 heteroatoms. The maximum atomic E-state index is 13.3. The van der Waals surface area contributed by atoms with Gasteiger partial charge in [0.25, 0.3) is 0 Å². The topological polar surface area (TPSA) is 46.5 Å². The predicted molar refractivity (Wildman–Crippen MR) is 76.6 cm³/mol. The highest BCUT2D eigenvalue weighted by atomic mass is 79.9. The maximum absolute atomic E-state index is 13.3. The van der Waals surface area contributed by atoms with E-state index in [4.69, 9.17) is 9.84 Å². The molecular formula is C15H12BrFO3. The van der Waals surface area contributed by atoms with Crippen molar-refractivity contribution < 1.29 is 19.0 Å². The van der Waals surface area contributed by atoms with E-state index in [1.807, 2.05) is 19.1 Å². The van der Waals surface area contributed by atoms with E-state index < -0.39 is 11.8 Å². The first-order chi connectivity index (χ1) is 9.47. The lowest BCUT2D eigenvalue weighted by Crippen LogP contribution is -2.03. The van der Waals surface area contributed by atoms with Crippen molar-refractivity contribution in [3.05, 3.63) is 63.4 Å². The molecule has 0 fully saturated rings. The first kappa shape index (κ1) is 14.5. The first-order valence-corrected chi connectivity index (χ1v) is 6.67. The van der Waals surface area contributed by atoms with Crippen molar-refractivity contribution in [3.63, 3.8) is 0 Å². The zero-order valence-corrected chi connectivity index (χ0v) is 12.3. The second kappa shape index (κ2) is 6.05. The second-order valence-corrected chi connectivity index (χ2v) is 5.17. The van der Waals surface area contributed by atoms with Crippen LogP contribution in [-0.4, -0.2) is 11.1 Å². The van der Waals surface area contributed by atoms with E-state index in [1.165, 1.54) is 12.1 Å². The Morgan fingerprint density at radius 2 is 2.05 bits per heavy atom. The van der Waals surface area contributed by atoms with Crippen molar-refractivity contribution in [2.24, 2.45) is 0 Å². The van der Waals surface area contributed by atoms with Crippen molar-refractivity contribution in [3.8, 4) is 5.75 Å². The minimum atomic E-state index is -1.29. The molecule has 20 heavy (non-hydrogen) atoms. The lowest BCUT2D eigenvalue weighted by molar-refractivity contribution is 0.0691. The molecule has 0 saturated heterocycles. The van der Waals surface area contributed by atoms with Crippen molar-refractivity contribution in [1.29, 1.82) is 0 Å². The van der Waals surface area contributed by atoms with Gasteiger partial charge in [0.15, 0.2) is 0 Å². The molecule has 0 unspecified atom stereocenters. The fourth-order valence-electron chi connectivity index (χ4n) is 1.70. The van der Waals surface area contributed by atoms with Crippen molar-refractivity contribution in [2.45, 2.75) is 13.5 Å². The summed E-state index contributed by atoms with van der Waals surface area (Å²) in [4.78, 5) is 10.8. The van der Waals surface area contributed by atoms with Crippen molar-refractivity contribution in [2.75, 3.05) is 0 Å². The molecule has 2 aromatic carbocycles. The lowest BCUT2D eigenvalue weighted by atomic mass is 10.1. The lowest BCUT2D eigenvalue weighted by Gasteiger charge is -2.09. The van der Waals surface area contributed by atoms with Gasteiger partial charge < -0.3 is 9.84 Å². The highest BCUT2D eigenvalue weighted by Crippen LogP contribution is 2.22. The molecule has 0 bridgehead atoms. The van der Waals surface area contributed by atoms with Crippen LogP contribution in [0.15, 0.2) is 40.9 Å². The summed E-state index contributed by atoms with van der Waals surface area (Å²) in [6.07, 6.45) is 0. The fourth-order valence-corrected chi connectivity index (χ4v) is 1.95. The Hall–Kier alpha value is -1.88. The third-order valence-electron chi connectivity index (χ3n) is 2.80. The van der Waals surface area contributed by atoms with Gasteiger partial charge in [-0.05, 0) is 48.4 Å². The van der Waals surface area contributed by atoms with Crippen LogP contribution in [0.3, 0.4) is 0 Å². The molecule has 2 rings (SSSR count). The average molecular weight is 339 g/mol. The molecule has 0 aliphatic carbocycles. The number of hydrogen-bond acceptors (Lipinski definition) is 2. The van der Waals surface area contributed by atoms with Gasteiger partial charge in [0, 0.05) is 4.47 Å². The van der Waals surface area contributed by atoms with Crippen molar-refractivity contribution >= 4 is 21.9 Å². The Balaban J connectivity index is 2.12. The average Bonchev–Trinajstić information content (AvgIpc) is 2.41. The number of carbonyl (C=O) groups is 1. The standard InChI is InChI=1S/C15H12BrFO3/c1-9-6-11(3-4-13(9)16)20-8-10-2-5-14(17)12(7-10)15(18)19/h2-7H,8H2,1H3,(H,18,19). The van der Waals surface area contributed by atoms with Crippen LogP contribution in [0.25, 0.3) is 0 Å². The summed E-state index contributed by atoms with van der Waals surface area (Å²) in [6, 6.07) is 9.47. The van der Waals surface area contributed by atoms with E-state index in [0.29, 0.717) is 11.3 Å². The fraction of sp³-hybridized carbons (Fsp3) is 0.133. The molecule has 3 nitrogen and oxygen atoms in total. The quantitative estimate of drug-likeness (QED) is 0.909. The number of carboxylic acids is 1. The molecule has 0 atom stereocenters. The highest BCUT2D eigenvalue weighted by Gasteiger charge is 2.11. The Morgan fingerprint density at radius 1 is 1.30 bits per heavy atom. The summed E-state index contributed by atoms with van der Waals surface area (Å²) in [5, 5.41) is 8.86. The molecule has 0 spiro atoms. The number of halogens is 2. The summed E-state index contributed by atoms with van der Waals surface area (Å²) >= 11 is 3.40. The van der Waals surface area contributed by atoms with Gasteiger partial charge in [0.2, 0.25) is 0 Å². The smallest absolute Gasteiger partial charge is 0.338 e. The number of ether oxygens (including phenoxy) is 1. The van der Waals surface area contributed by atoms with Crippen LogP contribution < -0.4 is 4.74 Å². The summed E-state index contributed by atoms with van der Waals surface area (Å²) in [6.45, 7) is 2.12.